The lowest BCUT2D eigenvalue weighted by Gasteiger charge is -2.16. The van der Waals surface area contributed by atoms with Crippen molar-refractivity contribution in [2.45, 2.75) is 32.5 Å². The summed E-state index contributed by atoms with van der Waals surface area (Å²) in [5.41, 5.74) is 2.05. The largest absolute Gasteiger partial charge is 0.493 e. The van der Waals surface area contributed by atoms with E-state index in [9.17, 15) is 18.4 Å². The third-order valence-electron chi connectivity index (χ3n) is 4.63. The smallest absolute Gasteiger partial charge is 0.387 e. The molecule has 154 valence electrons. The van der Waals surface area contributed by atoms with Gasteiger partial charge >= 0.3 is 6.61 Å². The number of ether oxygens (including phenoxy) is 2. The van der Waals surface area contributed by atoms with Crippen LogP contribution in [0.3, 0.4) is 0 Å². The first-order valence-corrected chi connectivity index (χ1v) is 9.23. The Bertz CT molecular complexity index is 889. The number of carbonyl (C=O) groups is 2. The standard InChI is InChI=1S/C21H22F2N2O4/c1-28-18-11-14(7-8-17(18)29-21(22)23)12-24-20(27)16-5-2-4-15(10-16)13-25-9-3-6-19(25)26/h2,4-5,7-8,10-11,21H,3,6,9,12-13H2,1H3,(H,24,27). The lowest BCUT2D eigenvalue weighted by atomic mass is 10.1. The molecule has 1 heterocycles. The number of nitrogens with zero attached hydrogens (tertiary/aromatic N) is 1. The van der Waals surface area contributed by atoms with Crippen molar-refractivity contribution in [2.24, 2.45) is 0 Å². The normalized spacial score (nSPS) is 13.7. The number of methoxy groups -OCH3 is 1. The predicted molar refractivity (Wildman–Crippen MR) is 102 cm³/mol. The zero-order valence-electron chi connectivity index (χ0n) is 16.0. The van der Waals surface area contributed by atoms with Gasteiger partial charge in [-0.05, 0) is 41.8 Å². The average molecular weight is 404 g/mol. The Balaban J connectivity index is 1.62. The van der Waals surface area contributed by atoms with Crippen molar-refractivity contribution in [3.8, 4) is 11.5 Å². The molecule has 0 aliphatic carbocycles. The van der Waals surface area contributed by atoms with Crippen LogP contribution in [0.25, 0.3) is 0 Å². The molecule has 6 nitrogen and oxygen atoms in total. The second kappa shape index (κ2) is 9.36. The molecular weight excluding hydrogens is 382 g/mol. The van der Waals surface area contributed by atoms with Crippen molar-refractivity contribution < 1.29 is 27.8 Å². The maximum Gasteiger partial charge on any atom is 0.387 e. The van der Waals surface area contributed by atoms with Crippen LogP contribution in [-0.2, 0) is 17.9 Å². The summed E-state index contributed by atoms with van der Waals surface area (Å²) in [6, 6.07) is 11.6. The molecule has 0 spiro atoms. The van der Waals surface area contributed by atoms with Crippen LogP contribution in [0, 0.1) is 0 Å². The summed E-state index contributed by atoms with van der Waals surface area (Å²) in [5.74, 6) is -0.0457. The minimum absolute atomic E-state index is 0.0678. The van der Waals surface area contributed by atoms with E-state index >= 15 is 0 Å². The molecule has 8 heteroatoms. The van der Waals surface area contributed by atoms with Crippen molar-refractivity contribution in [1.29, 1.82) is 0 Å². The number of halogens is 2. The number of benzene rings is 2. The number of rotatable bonds is 8. The molecule has 1 aliphatic rings. The summed E-state index contributed by atoms with van der Waals surface area (Å²) < 4.78 is 34.3. The second-order valence-electron chi connectivity index (χ2n) is 6.67. The van der Waals surface area contributed by atoms with E-state index < -0.39 is 6.61 Å². The topological polar surface area (TPSA) is 67.9 Å². The van der Waals surface area contributed by atoms with E-state index in [1.165, 1.54) is 19.2 Å². The Morgan fingerprint density at radius 3 is 2.69 bits per heavy atom. The zero-order chi connectivity index (χ0) is 20.8. The molecule has 3 rings (SSSR count). The third kappa shape index (κ3) is 5.43. The SMILES string of the molecule is COc1cc(CNC(=O)c2cccc(CN3CCCC3=O)c2)ccc1OC(F)F. The van der Waals surface area contributed by atoms with E-state index in [4.69, 9.17) is 4.74 Å². The minimum Gasteiger partial charge on any atom is -0.493 e. The van der Waals surface area contributed by atoms with Crippen LogP contribution in [0.15, 0.2) is 42.5 Å². The van der Waals surface area contributed by atoms with E-state index in [1.54, 1.807) is 29.2 Å². The van der Waals surface area contributed by atoms with E-state index in [1.807, 2.05) is 6.07 Å². The highest BCUT2D eigenvalue weighted by Gasteiger charge is 2.20. The fraction of sp³-hybridized carbons (Fsp3) is 0.333. The number of carbonyl (C=O) groups excluding carboxylic acids is 2. The summed E-state index contributed by atoms with van der Waals surface area (Å²) in [6.07, 6.45) is 1.44. The van der Waals surface area contributed by atoms with Crippen LogP contribution >= 0.6 is 0 Å². The van der Waals surface area contributed by atoms with Gasteiger partial charge in [-0.25, -0.2) is 0 Å². The molecule has 2 amide bonds. The predicted octanol–water partition coefficient (Wildman–Crippen LogP) is 3.35. The van der Waals surface area contributed by atoms with Gasteiger partial charge in [0.1, 0.15) is 0 Å². The Labute approximate surface area is 167 Å². The summed E-state index contributed by atoms with van der Waals surface area (Å²) >= 11 is 0. The highest BCUT2D eigenvalue weighted by atomic mass is 19.3. The van der Waals surface area contributed by atoms with Crippen LogP contribution < -0.4 is 14.8 Å². The molecule has 1 N–H and O–H groups in total. The fourth-order valence-corrected chi connectivity index (χ4v) is 3.20. The summed E-state index contributed by atoms with van der Waals surface area (Å²) in [6.45, 7) is -1.53. The first-order chi connectivity index (χ1) is 14.0. The lowest BCUT2D eigenvalue weighted by Crippen LogP contribution is -2.25. The molecular formula is C21H22F2N2O4. The van der Waals surface area contributed by atoms with Gasteiger partial charge in [-0.15, -0.1) is 0 Å². The van der Waals surface area contributed by atoms with Gasteiger partial charge in [-0.1, -0.05) is 18.2 Å². The number of hydrogen-bond acceptors (Lipinski definition) is 4. The van der Waals surface area contributed by atoms with Crippen LogP contribution in [0.1, 0.15) is 34.3 Å². The van der Waals surface area contributed by atoms with Crippen molar-refractivity contribution in [2.75, 3.05) is 13.7 Å². The van der Waals surface area contributed by atoms with E-state index in [0.717, 1.165) is 18.5 Å². The molecule has 1 fully saturated rings. The van der Waals surface area contributed by atoms with E-state index in [0.29, 0.717) is 24.1 Å². The summed E-state index contributed by atoms with van der Waals surface area (Å²) in [4.78, 5) is 26.1. The third-order valence-corrected chi connectivity index (χ3v) is 4.63. The molecule has 0 aromatic heterocycles. The van der Waals surface area contributed by atoms with Crippen molar-refractivity contribution in [1.82, 2.24) is 10.2 Å². The monoisotopic (exact) mass is 404 g/mol. The Morgan fingerprint density at radius 1 is 1.17 bits per heavy atom. The molecule has 1 aliphatic heterocycles. The fourth-order valence-electron chi connectivity index (χ4n) is 3.20. The van der Waals surface area contributed by atoms with E-state index in [-0.39, 0.29) is 29.9 Å². The van der Waals surface area contributed by atoms with E-state index in [2.05, 4.69) is 10.1 Å². The quantitative estimate of drug-likeness (QED) is 0.733. The Hall–Kier alpha value is -3.16. The maximum absolute atomic E-state index is 12.5. The molecule has 2 aromatic rings. The van der Waals surface area contributed by atoms with Crippen LogP contribution in [0.2, 0.25) is 0 Å². The minimum atomic E-state index is -2.95. The van der Waals surface area contributed by atoms with Crippen molar-refractivity contribution >= 4 is 11.8 Å². The number of alkyl halides is 2. The van der Waals surface area contributed by atoms with Gasteiger partial charge in [0.05, 0.1) is 7.11 Å². The molecule has 0 atom stereocenters. The number of nitrogens with one attached hydrogen (secondary N) is 1. The van der Waals surface area contributed by atoms with Crippen molar-refractivity contribution in [3.05, 3.63) is 59.2 Å². The van der Waals surface area contributed by atoms with Crippen molar-refractivity contribution in [3.63, 3.8) is 0 Å². The highest BCUT2D eigenvalue weighted by molar-refractivity contribution is 5.94. The number of hydrogen-bond donors (Lipinski definition) is 1. The Kier molecular flexibility index (Phi) is 6.64. The molecule has 2 aromatic carbocycles. The molecule has 1 saturated heterocycles. The number of amides is 2. The summed E-state index contributed by atoms with van der Waals surface area (Å²) in [7, 11) is 1.35. The second-order valence-corrected chi connectivity index (χ2v) is 6.67. The first kappa shape index (κ1) is 20.6. The van der Waals surface area contributed by atoms with Gasteiger partial charge in [0, 0.05) is 31.6 Å². The number of likely N-dealkylation sites (tertiary alicyclic amines) is 1. The van der Waals surface area contributed by atoms with Gasteiger partial charge in [-0.2, -0.15) is 8.78 Å². The zero-order valence-corrected chi connectivity index (χ0v) is 16.0. The van der Waals surface area contributed by atoms with Gasteiger partial charge < -0.3 is 19.7 Å². The van der Waals surface area contributed by atoms with Gasteiger partial charge in [0.25, 0.3) is 5.91 Å². The van der Waals surface area contributed by atoms with Gasteiger partial charge in [0.2, 0.25) is 5.91 Å². The van der Waals surface area contributed by atoms with Crippen LogP contribution in [-0.4, -0.2) is 37.0 Å². The summed E-state index contributed by atoms with van der Waals surface area (Å²) in [5, 5.41) is 2.79. The average Bonchev–Trinajstić information content (AvgIpc) is 3.11. The van der Waals surface area contributed by atoms with Gasteiger partial charge in [0.15, 0.2) is 11.5 Å². The highest BCUT2D eigenvalue weighted by Crippen LogP contribution is 2.29. The first-order valence-electron chi connectivity index (χ1n) is 9.23. The molecule has 29 heavy (non-hydrogen) atoms. The van der Waals surface area contributed by atoms with Crippen LogP contribution in [0.4, 0.5) is 8.78 Å². The molecule has 0 unspecified atom stereocenters. The van der Waals surface area contributed by atoms with Crippen LogP contribution in [0.5, 0.6) is 11.5 Å². The molecule has 0 radical (unpaired) electrons. The maximum atomic E-state index is 12.5. The Morgan fingerprint density at radius 2 is 2.00 bits per heavy atom. The molecule has 0 bridgehead atoms. The lowest BCUT2D eigenvalue weighted by molar-refractivity contribution is -0.128. The van der Waals surface area contributed by atoms with Gasteiger partial charge in [-0.3, -0.25) is 9.59 Å². The molecule has 0 saturated carbocycles.